The van der Waals surface area contributed by atoms with Gasteiger partial charge in [0.2, 0.25) is 0 Å². The molecule has 2 N–H and O–H groups in total. The predicted octanol–water partition coefficient (Wildman–Crippen LogP) is 6.44. The molecule has 1 amide bonds. The van der Waals surface area contributed by atoms with Crippen molar-refractivity contribution in [2.75, 3.05) is 6.54 Å². The lowest BCUT2D eigenvalue weighted by Crippen LogP contribution is -2.29. The van der Waals surface area contributed by atoms with Crippen molar-refractivity contribution in [3.8, 4) is 0 Å². The molecule has 0 bridgehead atoms. The second kappa shape index (κ2) is 7.97. The van der Waals surface area contributed by atoms with Crippen LogP contribution in [0, 0.1) is 6.92 Å². The minimum Gasteiger partial charge on any atom is -0.451 e. The number of rotatable bonds is 5. The van der Waals surface area contributed by atoms with Gasteiger partial charge in [-0.3, -0.25) is 4.79 Å². The second-order valence-corrected chi connectivity index (χ2v) is 8.10. The average Bonchev–Trinajstić information content (AvgIpc) is 3.36. The molecule has 0 radical (unpaired) electrons. The first-order chi connectivity index (χ1) is 15.1. The number of amides is 1. The summed E-state index contributed by atoms with van der Waals surface area (Å²) in [5.74, 6) is 0.0917. The highest BCUT2D eigenvalue weighted by Crippen LogP contribution is 2.31. The maximum absolute atomic E-state index is 13.0. The zero-order valence-electron chi connectivity index (χ0n) is 17.0. The molecular formula is C26H21ClN2O2. The zero-order valence-corrected chi connectivity index (χ0v) is 17.7. The number of aromatic amines is 1. The molecule has 0 saturated heterocycles. The number of benzene rings is 3. The first-order valence-corrected chi connectivity index (χ1v) is 10.6. The quantitative estimate of drug-likeness (QED) is 0.338. The lowest BCUT2D eigenvalue weighted by atomic mass is 9.91. The molecular weight excluding hydrogens is 408 g/mol. The molecule has 0 aliphatic rings. The van der Waals surface area contributed by atoms with Crippen molar-refractivity contribution in [1.82, 2.24) is 10.3 Å². The van der Waals surface area contributed by atoms with E-state index in [0.29, 0.717) is 22.9 Å². The number of para-hydroxylation sites is 1. The van der Waals surface area contributed by atoms with E-state index in [-0.39, 0.29) is 11.8 Å². The number of carbonyl (C=O) groups excluding carboxylic acids is 1. The number of fused-ring (bicyclic) bond motifs is 2. The van der Waals surface area contributed by atoms with Crippen molar-refractivity contribution in [3.63, 3.8) is 0 Å². The highest BCUT2D eigenvalue weighted by molar-refractivity contribution is 6.31. The molecule has 2 heterocycles. The third-order valence-electron chi connectivity index (χ3n) is 5.77. The molecule has 1 atom stereocenters. The summed E-state index contributed by atoms with van der Waals surface area (Å²) in [6.45, 7) is 2.33. The topological polar surface area (TPSA) is 58.0 Å². The van der Waals surface area contributed by atoms with E-state index in [9.17, 15) is 4.79 Å². The van der Waals surface area contributed by atoms with E-state index < -0.39 is 0 Å². The molecule has 2 aromatic heterocycles. The molecule has 3 aromatic carbocycles. The summed E-state index contributed by atoms with van der Waals surface area (Å²) in [6.07, 6.45) is 2.03. The monoisotopic (exact) mass is 428 g/mol. The Kier molecular flexibility index (Phi) is 5.00. The van der Waals surface area contributed by atoms with Crippen LogP contribution in [0.3, 0.4) is 0 Å². The Morgan fingerprint density at radius 2 is 1.81 bits per heavy atom. The summed E-state index contributed by atoms with van der Waals surface area (Å²) < 4.78 is 5.84. The minimum atomic E-state index is -0.231. The van der Waals surface area contributed by atoms with Gasteiger partial charge in [0, 0.05) is 45.5 Å². The van der Waals surface area contributed by atoms with Crippen molar-refractivity contribution in [2.24, 2.45) is 0 Å². The normalized spacial score (nSPS) is 12.3. The Morgan fingerprint density at radius 1 is 1.03 bits per heavy atom. The Balaban J connectivity index is 1.47. The van der Waals surface area contributed by atoms with Crippen LogP contribution in [0.1, 0.15) is 33.2 Å². The molecule has 5 rings (SSSR count). The zero-order chi connectivity index (χ0) is 21.4. The highest BCUT2D eigenvalue weighted by atomic mass is 35.5. The molecule has 31 heavy (non-hydrogen) atoms. The van der Waals surface area contributed by atoms with Crippen molar-refractivity contribution in [2.45, 2.75) is 12.8 Å². The van der Waals surface area contributed by atoms with Gasteiger partial charge >= 0.3 is 0 Å². The van der Waals surface area contributed by atoms with Crippen molar-refractivity contribution in [3.05, 3.63) is 106 Å². The largest absolute Gasteiger partial charge is 0.451 e. The average molecular weight is 429 g/mol. The summed E-state index contributed by atoms with van der Waals surface area (Å²) in [6, 6.07) is 23.8. The number of halogens is 1. The molecule has 154 valence electrons. The first kappa shape index (κ1) is 19.5. The lowest BCUT2D eigenvalue weighted by molar-refractivity contribution is 0.0926. The third kappa shape index (κ3) is 3.60. The molecule has 4 nitrogen and oxygen atoms in total. The number of hydrogen-bond donors (Lipinski definition) is 2. The van der Waals surface area contributed by atoms with E-state index >= 15 is 0 Å². The summed E-state index contributed by atoms with van der Waals surface area (Å²) in [5.41, 5.74) is 4.81. The SMILES string of the molecule is Cc1c(C(=O)NC[C@@H](c2ccccc2)c2c[nH]c3ccccc23)oc2ccc(Cl)cc12. The lowest BCUT2D eigenvalue weighted by Gasteiger charge is -2.18. The van der Waals surface area contributed by atoms with E-state index in [1.807, 2.05) is 49.5 Å². The van der Waals surface area contributed by atoms with Gasteiger partial charge < -0.3 is 14.7 Å². The fourth-order valence-electron chi connectivity index (χ4n) is 4.16. The fourth-order valence-corrected chi connectivity index (χ4v) is 4.33. The van der Waals surface area contributed by atoms with Crippen LogP contribution in [-0.2, 0) is 0 Å². The van der Waals surface area contributed by atoms with E-state index in [4.69, 9.17) is 16.0 Å². The predicted molar refractivity (Wildman–Crippen MR) is 125 cm³/mol. The minimum absolute atomic E-state index is 0.000397. The molecule has 0 fully saturated rings. The Labute approximate surface area is 184 Å². The Morgan fingerprint density at radius 3 is 2.65 bits per heavy atom. The van der Waals surface area contributed by atoms with E-state index in [1.54, 1.807) is 12.1 Å². The van der Waals surface area contributed by atoms with E-state index in [2.05, 4.69) is 34.6 Å². The Hall–Kier alpha value is -3.50. The van der Waals surface area contributed by atoms with Crippen LogP contribution in [-0.4, -0.2) is 17.4 Å². The summed E-state index contributed by atoms with van der Waals surface area (Å²) in [5, 5.41) is 5.71. The number of furan rings is 1. The van der Waals surface area contributed by atoms with Gasteiger partial charge in [-0.1, -0.05) is 60.1 Å². The number of carbonyl (C=O) groups is 1. The number of H-pyrrole nitrogens is 1. The summed E-state index contributed by atoms with van der Waals surface area (Å²) in [4.78, 5) is 16.4. The molecule has 0 saturated carbocycles. The van der Waals surface area contributed by atoms with Crippen LogP contribution in [0.15, 0.2) is 83.4 Å². The van der Waals surface area contributed by atoms with Crippen LogP contribution < -0.4 is 5.32 Å². The van der Waals surface area contributed by atoms with Crippen LogP contribution >= 0.6 is 11.6 Å². The van der Waals surface area contributed by atoms with Gasteiger partial charge in [0.05, 0.1) is 0 Å². The molecule has 0 aliphatic heterocycles. The number of nitrogens with one attached hydrogen (secondary N) is 2. The maximum atomic E-state index is 13.0. The van der Waals surface area contributed by atoms with Gasteiger partial charge in [0.15, 0.2) is 5.76 Å². The van der Waals surface area contributed by atoms with Crippen molar-refractivity contribution in [1.29, 1.82) is 0 Å². The molecule has 5 heteroatoms. The smallest absolute Gasteiger partial charge is 0.287 e. The number of hydrogen-bond acceptors (Lipinski definition) is 2. The van der Waals surface area contributed by atoms with Crippen LogP contribution in [0.2, 0.25) is 5.02 Å². The van der Waals surface area contributed by atoms with Gasteiger partial charge in [-0.15, -0.1) is 0 Å². The molecule has 0 spiro atoms. The van der Waals surface area contributed by atoms with Crippen molar-refractivity contribution >= 4 is 39.4 Å². The van der Waals surface area contributed by atoms with Crippen LogP contribution in [0.25, 0.3) is 21.9 Å². The Bertz CT molecular complexity index is 1380. The summed E-state index contributed by atoms with van der Waals surface area (Å²) >= 11 is 6.11. The standard InChI is InChI=1S/C26H21ClN2O2/c1-16-20-13-18(27)11-12-24(20)31-25(16)26(30)29-14-21(17-7-3-2-4-8-17)22-15-28-23-10-6-5-9-19(22)23/h2-13,15,21,28H,14H2,1H3,(H,29,30)/t21-/m0/s1. The summed E-state index contributed by atoms with van der Waals surface area (Å²) in [7, 11) is 0. The second-order valence-electron chi connectivity index (χ2n) is 7.66. The maximum Gasteiger partial charge on any atom is 0.287 e. The van der Waals surface area contributed by atoms with Crippen LogP contribution in [0.5, 0.6) is 0 Å². The van der Waals surface area contributed by atoms with E-state index in [1.165, 1.54) is 0 Å². The van der Waals surface area contributed by atoms with Crippen molar-refractivity contribution < 1.29 is 9.21 Å². The van der Waals surface area contributed by atoms with Crippen LogP contribution in [0.4, 0.5) is 0 Å². The van der Waals surface area contributed by atoms with Gasteiger partial charge in [0.1, 0.15) is 5.58 Å². The third-order valence-corrected chi connectivity index (χ3v) is 6.00. The number of aromatic nitrogens is 1. The van der Waals surface area contributed by atoms with Gasteiger partial charge in [-0.25, -0.2) is 0 Å². The molecule has 0 aliphatic carbocycles. The number of aryl methyl sites for hydroxylation is 1. The van der Waals surface area contributed by atoms with Gasteiger partial charge in [-0.05, 0) is 42.3 Å². The molecule has 5 aromatic rings. The molecule has 0 unspecified atom stereocenters. The fraction of sp³-hybridized carbons (Fsp3) is 0.115. The van der Waals surface area contributed by atoms with E-state index in [0.717, 1.165) is 33.0 Å². The van der Waals surface area contributed by atoms with Gasteiger partial charge in [-0.2, -0.15) is 0 Å². The van der Waals surface area contributed by atoms with Gasteiger partial charge in [0.25, 0.3) is 5.91 Å². The highest BCUT2D eigenvalue weighted by Gasteiger charge is 2.22. The first-order valence-electron chi connectivity index (χ1n) is 10.2.